The lowest BCUT2D eigenvalue weighted by Gasteiger charge is -2.12. The van der Waals surface area contributed by atoms with Gasteiger partial charge in [0.1, 0.15) is 12.0 Å². The molecule has 31 heavy (non-hydrogen) atoms. The van der Waals surface area contributed by atoms with Gasteiger partial charge >= 0.3 is 6.08 Å². The van der Waals surface area contributed by atoms with Crippen molar-refractivity contribution in [3.8, 4) is 0 Å². The minimum absolute atomic E-state index is 0.0466. The van der Waals surface area contributed by atoms with Crippen LogP contribution in [0.2, 0.25) is 0 Å². The summed E-state index contributed by atoms with van der Waals surface area (Å²) >= 11 is 2.30. The highest BCUT2D eigenvalue weighted by Crippen LogP contribution is 2.37. The van der Waals surface area contributed by atoms with E-state index in [-0.39, 0.29) is 5.82 Å². The lowest BCUT2D eigenvalue weighted by atomic mass is 10.0. The Hall–Kier alpha value is -1.88. The Bertz CT molecular complexity index is 1130. The predicted molar refractivity (Wildman–Crippen MR) is 124 cm³/mol. The van der Waals surface area contributed by atoms with Gasteiger partial charge in [0.2, 0.25) is 0 Å². The van der Waals surface area contributed by atoms with Gasteiger partial charge in [-0.15, -0.1) is 0 Å². The minimum Gasteiger partial charge on any atom is -0.382 e. The third-order valence-corrected chi connectivity index (χ3v) is 7.16. The van der Waals surface area contributed by atoms with Crippen LogP contribution in [0.4, 0.5) is 14.6 Å². The number of unbranched alkanes of at least 4 members (excludes halogenated alkanes) is 1. The third-order valence-electron chi connectivity index (χ3n) is 6.15. The molecule has 9 heteroatoms. The van der Waals surface area contributed by atoms with E-state index in [4.69, 9.17) is 5.73 Å². The fourth-order valence-corrected chi connectivity index (χ4v) is 5.05. The minimum atomic E-state index is -0.904. The van der Waals surface area contributed by atoms with Crippen LogP contribution >= 0.6 is 22.6 Å². The van der Waals surface area contributed by atoms with E-state index in [9.17, 15) is 8.78 Å². The average Bonchev–Trinajstić information content (AvgIpc) is 3.40. The van der Waals surface area contributed by atoms with Crippen molar-refractivity contribution in [1.82, 2.24) is 24.8 Å². The zero-order valence-electron chi connectivity index (χ0n) is 17.2. The van der Waals surface area contributed by atoms with Crippen molar-refractivity contribution in [3.63, 3.8) is 0 Å². The van der Waals surface area contributed by atoms with Gasteiger partial charge in [-0.05, 0) is 90.4 Å². The van der Waals surface area contributed by atoms with Gasteiger partial charge in [-0.25, -0.2) is 9.37 Å². The smallest absolute Gasteiger partial charge is 0.312 e. The van der Waals surface area contributed by atoms with E-state index in [1.165, 1.54) is 12.8 Å². The van der Waals surface area contributed by atoms with Crippen molar-refractivity contribution in [1.29, 1.82) is 0 Å². The number of rotatable bonds is 8. The van der Waals surface area contributed by atoms with Gasteiger partial charge in [0.15, 0.2) is 17.0 Å². The first-order chi connectivity index (χ1) is 15.0. The van der Waals surface area contributed by atoms with E-state index >= 15 is 0 Å². The van der Waals surface area contributed by atoms with Gasteiger partial charge < -0.3 is 15.6 Å². The normalized spacial score (nSPS) is 18.1. The van der Waals surface area contributed by atoms with Crippen LogP contribution in [0.15, 0.2) is 12.1 Å². The Morgan fingerprint density at radius 1 is 1.16 bits per heavy atom. The van der Waals surface area contributed by atoms with Gasteiger partial charge in [-0.1, -0.05) is 6.07 Å². The highest BCUT2D eigenvalue weighted by Gasteiger charge is 2.25. The van der Waals surface area contributed by atoms with Crippen molar-refractivity contribution < 1.29 is 8.78 Å². The molecule has 1 atom stereocenters. The van der Waals surface area contributed by atoms with Crippen molar-refractivity contribution >= 4 is 39.6 Å². The maximum atomic E-state index is 14.3. The summed E-state index contributed by atoms with van der Waals surface area (Å²) in [5, 5.41) is 3.51. The number of nitrogen functional groups attached to an aromatic ring is 1. The van der Waals surface area contributed by atoms with Gasteiger partial charge in [0.05, 0.1) is 0 Å². The second kappa shape index (κ2) is 8.57. The van der Waals surface area contributed by atoms with Crippen molar-refractivity contribution in [2.45, 2.75) is 63.7 Å². The predicted octanol–water partition coefficient (Wildman–Crippen LogP) is 4.23. The van der Waals surface area contributed by atoms with E-state index in [2.05, 4.69) is 48.9 Å². The molecular formula is C22H25F2IN6. The Labute approximate surface area is 193 Å². The first kappa shape index (κ1) is 21.0. The summed E-state index contributed by atoms with van der Waals surface area (Å²) < 4.78 is 31.3. The number of halogens is 3. The van der Waals surface area contributed by atoms with E-state index in [1.807, 2.05) is 10.6 Å². The number of nitrogens with zero attached hydrogens (tertiary/aromatic N) is 4. The van der Waals surface area contributed by atoms with Crippen LogP contribution < -0.4 is 11.1 Å². The zero-order chi connectivity index (χ0) is 21.5. The molecule has 3 aromatic rings. The number of aryl methyl sites for hydroxylation is 2. The van der Waals surface area contributed by atoms with Crippen molar-refractivity contribution in [3.05, 3.63) is 44.3 Å². The van der Waals surface area contributed by atoms with Crippen LogP contribution in [-0.4, -0.2) is 32.1 Å². The lowest BCUT2D eigenvalue weighted by molar-refractivity contribution is 0.343. The number of aromatic nitrogens is 4. The number of nitrogens with two attached hydrogens (primary N) is 1. The van der Waals surface area contributed by atoms with Crippen LogP contribution in [-0.2, 0) is 19.4 Å². The number of hydrogen-bond donors (Lipinski definition) is 2. The van der Waals surface area contributed by atoms with E-state index in [0.717, 1.165) is 51.9 Å². The molecule has 164 valence electrons. The number of anilines is 1. The number of alkyl halides is 1. The number of nitrogens with one attached hydrogen (secondary N) is 1. The Kier molecular flexibility index (Phi) is 5.80. The molecule has 1 aromatic carbocycles. The maximum Gasteiger partial charge on any atom is 0.312 e. The van der Waals surface area contributed by atoms with E-state index in [1.54, 1.807) is 0 Å². The van der Waals surface area contributed by atoms with Crippen LogP contribution in [0.5, 0.6) is 0 Å². The second-order valence-corrected chi connectivity index (χ2v) is 9.65. The molecule has 0 spiro atoms. The molecule has 0 saturated heterocycles. The van der Waals surface area contributed by atoms with E-state index in [0.29, 0.717) is 36.6 Å². The molecule has 0 bridgehead atoms. The molecule has 2 aliphatic rings. The summed E-state index contributed by atoms with van der Waals surface area (Å²) in [5.41, 5.74) is 9.69. The fraction of sp³-hybridized carbons (Fsp3) is 0.500. The molecule has 1 unspecified atom stereocenters. The summed E-state index contributed by atoms with van der Waals surface area (Å²) in [6.45, 7) is 1.64. The van der Waals surface area contributed by atoms with Crippen molar-refractivity contribution in [2.24, 2.45) is 0 Å². The number of benzene rings is 1. The first-order valence-corrected chi connectivity index (χ1v) is 11.9. The Balaban J connectivity index is 1.44. The summed E-state index contributed by atoms with van der Waals surface area (Å²) in [4.78, 5) is 12.3. The van der Waals surface area contributed by atoms with Crippen LogP contribution in [0.3, 0.4) is 0 Å². The monoisotopic (exact) mass is 538 g/mol. The molecule has 0 radical (unpaired) electrons. The lowest BCUT2D eigenvalue weighted by Crippen LogP contribution is -2.18. The zero-order valence-corrected chi connectivity index (χ0v) is 19.3. The topological polar surface area (TPSA) is 81.7 Å². The van der Waals surface area contributed by atoms with Gasteiger partial charge in [-0.3, -0.25) is 0 Å². The summed E-state index contributed by atoms with van der Waals surface area (Å²) in [7, 11) is 0. The molecule has 0 aliphatic heterocycles. The molecule has 2 heterocycles. The SMILES string of the molecule is Nc1nc(F)nc2c1nc(Cc1cc3c(cc1I)CCC3F)n2CCCCNC1CC1. The molecule has 1 fully saturated rings. The van der Waals surface area contributed by atoms with Gasteiger partial charge in [0.25, 0.3) is 0 Å². The third kappa shape index (κ3) is 4.39. The van der Waals surface area contributed by atoms with Gasteiger partial charge in [-0.2, -0.15) is 14.4 Å². The molecule has 3 N–H and O–H groups in total. The number of fused-ring (bicyclic) bond motifs is 2. The Morgan fingerprint density at radius 2 is 2.00 bits per heavy atom. The van der Waals surface area contributed by atoms with Crippen LogP contribution in [0, 0.1) is 9.65 Å². The molecular weight excluding hydrogens is 513 g/mol. The maximum absolute atomic E-state index is 14.3. The highest BCUT2D eigenvalue weighted by atomic mass is 127. The summed E-state index contributed by atoms with van der Waals surface area (Å²) in [6.07, 6.45) is 4.56. The van der Waals surface area contributed by atoms with Crippen LogP contribution in [0.1, 0.15) is 60.8 Å². The summed E-state index contributed by atoms with van der Waals surface area (Å²) in [5.74, 6) is 0.799. The molecule has 0 amide bonds. The molecule has 2 aliphatic carbocycles. The van der Waals surface area contributed by atoms with Gasteiger partial charge in [0, 0.05) is 22.6 Å². The summed E-state index contributed by atoms with van der Waals surface area (Å²) in [6, 6.07) is 4.73. The molecule has 5 rings (SSSR count). The second-order valence-electron chi connectivity index (χ2n) is 8.49. The Morgan fingerprint density at radius 3 is 2.81 bits per heavy atom. The molecule has 6 nitrogen and oxygen atoms in total. The highest BCUT2D eigenvalue weighted by molar-refractivity contribution is 14.1. The number of hydrogen-bond acceptors (Lipinski definition) is 5. The van der Waals surface area contributed by atoms with Crippen LogP contribution in [0.25, 0.3) is 11.2 Å². The largest absolute Gasteiger partial charge is 0.382 e. The standard InChI is InChI=1S/C22H25F2IN6/c23-16-6-3-12-10-17(25)13(9-15(12)16)11-18-28-19-20(26)29-22(24)30-21(19)31(18)8-2-1-7-27-14-4-5-14/h9-10,14,16,27H,1-8,11H2,(H2,26,29,30). The van der Waals surface area contributed by atoms with E-state index < -0.39 is 12.2 Å². The fourth-order valence-electron chi connectivity index (χ4n) is 4.33. The quantitative estimate of drug-likeness (QED) is 0.255. The van der Waals surface area contributed by atoms with Crippen molar-refractivity contribution in [2.75, 3.05) is 12.3 Å². The first-order valence-electron chi connectivity index (χ1n) is 10.9. The molecule has 2 aromatic heterocycles. The average molecular weight is 538 g/mol. The number of imidazole rings is 1. The molecule has 1 saturated carbocycles.